The van der Waals surface area contributed by atoms with E-state index in [-0.39, 0.29) is 11.1 Å². The fourth-order valence-electron chi connectivity index (χ4n) is 3.75. The van der Waals surface area contributed by atoms with Gasteiger partial charge in [-0.05, 0) is 53.7 Å². The van der Waals surface area contributed by atoms with Gasteiger partial charge in [0, 0.05) is 32.3 Å². The lowest BCUT2D eigenvalue weighted by atomic mass is 10.0. The molecule has 0 spiro atoms. The van der Waals surface area contributed by atoms with Crippen molar-refractivity contribution in [2.45, 2.75) is 0 Å². The van der Waals surface area contributed by atoms with Gasteiger partial charge in [0.1, 0.15) is 11.4 Å². The first-order valence-electron chi connectivity index (χ1n) is 11.0. The van der Waals surface area contributed by atoms with E-state index >= 15 is 0 Å². The van der Waals surface area contributed by atoms with E-state index in [0.29, 0.717) is 21.4 Å². The number of benzene rings is 4. The summed E-state index contributed by atoms with van der Waals surface area (Å²) in [6.07, 6.45) is 0. The predicted octanol–water partition coefficient (Wildman–Crippen LogP) is 6.54. The zero-order valence-electron chi connectivity index (χ0n) is 18.8. The van der Waals surface area contributed by atoms with Gasteiger partial charge in [0.25, 0.3) is 11.8 Å². The average molecular weight is 513 g/mol. The normalized spacial score (nSPS) is 10.7. The first-order valence-corrected chi connectivity index (χ1v) is 11.8. The molecule has 2 amide bonds. The molecule has 1 aromatic heterocycles. The molecule has 0 saturated carbocycles. The third-order valence-electron chi connectivity index (χ3n) is 5.50. The molecule has 0 bridgehead atoms. The summed E-state index contributed by atoms with van der Waals surface area (Å²) in [4.78, 5) is 28.9. The minimum absolute atomic E-state index is 0.262. The average Bonchev–Trinajstić information content (AvgIpc) is 3.35. The fourth-order valence-corrected chi connectivity index (χ4v) is 4.00. The molecule has 0 aliphatic carbocycles. The van der Waals surface area contributed by atoms with Crippen LogP contribution in [0.3, 0.4) is 0 Å². The molecule has 0 atom stereocenters. The van der Waals surface area contributed by atoms with Gasteiger partial charge in [-0.25, -0.2) is 0 Å². The van der Waals surface area contributed by atoms with Gasteiger partial charge < -0.3 is 0 Å². The second-order valence-corrected chi connectivity index (χ2v) is 8.72. The molecule has 0 aliphatic heterocycles. The maximum Gasteiger partial charge on any atom is 0.281 e. The monoisotopic (exact) mass is 512 g/mol. The van der Waals surface area contributed by atoms with Crippen LogP contribution in [0.15, 0.2) is 109 Å². The van der Waals surface area contributed by atoms with Gasteiger partial charge in [-0.3, -0.25) is 9.59 Å². The summed E-state index contributed by atoms with van der Waals surface area (Å²) in [5.41, 5.74) is 3.07. The Morgan fingerprint density at radius 1 is 0.611 bits per heavy atom. The van der Waals surface area contributed by atoms with Gasteiger partial charge >= 0.3 is 0 Å². The van der Waals surface area contributed by atoms with Crippen molar-refractivity contribution < 1.29 is 9.59 Å². The smallest absolute Gasteiger partial charge is 0.267 e. The van der Waals surface area contributed by atoms with Gasteiger partial charge in [0.2, 0.25) is 0 Å². The van der Waals surface area contributed by atoms with Crippen LogP contribution < -0.4 is 5.01 Å². The number of halogens is 2. The first-order chi connectivity index (χ1) is 17.5. The highest BCUT2D eigenvalue weighted by Gasteiger charge is 2.31. The van der Waals surface area contributed by atoms with E-state index in [4.69, 9.17) is 23.2 Å². The van der Waals surface area contributed by atoms with Crippen LogP contribution in [0.25, 0.3) is 22.5 Å². The molecule has 36 heavy (non-hydrogen) atoms. The zero-order chi connectivity index (χ0) is 25.1. The molecule has 0 aliphatic rings. The van der Waals surface area contributed by atoms with Crippen LogP contribution in [-0.2, 0) is 0 Å². The van der Waals surface area contributed by atoms with Crippen LogP contribution in [0.1, 0.15) is 20.7 Å². The van der Waals surface area contributed by atoms with Crippen molar-refractivity contribution in [2.24, 2.45) is 0 Å². The number of imide groups is 1. The zero-order valence-corrected chi connectivity index (χ0v) is 20.3. The molecule has 0 radical (unpaired) electrons. The lowest BCUT2D eigenvalue weighted by Gasteiger charge is -2.22. The molecule has 8 heteroatoms. The largest absolute Gasteiger partial charge is 0.281 e. The Kier molecular flexibility index (Phi) is 6.62. The number of carbonyl (C=O) groups excluding carboxylic acids is 2. The van der Waals surface area contributed by atoms with Gasteiger partial charge in [-0.1, -0.05) is 83.9 Å². The van der Waals surface area contributed by atoms with E-state index in [1.54, 1.807) is 48.5 Å². The molecule has 0 fully saturated rings. The number of hydrogen-bond acceptors (Lipinski definition) is 4. The van der Waals surface area contributed by atoms with Crippen LogP contribution >= 0.6 is 23.2 Å². The van der Waals surface area contributed by atoms with Crippen LogP contribution in [0.4, 0.5) is 0 Å². The van der Waals surface area contributed by atoms with Crippen molar-refractivity contribution in [3.8, 4) is 22.5 Å². The minimum Gasteiger partial charge on any atom is -0.267 e. The SMILES string of the molecule is O=C(c1ccc(Cl)cc1)N(C(=O)c1ccc(Cl)cc1)n1nnc(-c2ccccc2)c1-c1ccccc1. The third kappa shape index (κ3) is 4.64. The van der Waals surface area contributed by atoms with Crippen molar-refractivity contribution in [2.75, 3.05) is 5.01 Å². The van der Waals surface area contributed by atoms with Crippen molar-refractivity contribution in [1.29, 1.82) is 0 Å². The van der Waals surface area contributed by atoms with E-state index in [2.05, 4.69) is 10.3 Å². The fraction of sp³-hybridized carbons (Fsp3) is 0. The summed E-state index contributed by atoms with van der Waals surface area (Å²) < 4.78 is 0. The quantitative estimate of drug-likeness (QED) is 0.251. The number of amides is 2. The van der Waals surface area contributed by atoms with Crippen molar-refractivity contribution in [3.63, 3.8) is 0 Å². The maximum atomic E-state index is 13.8. The molecular formula is C28H18Cl2N4O2. The molecule has 6 nitrogen and oxygen atoms in total. The van der Waals surface area contributed by atoms with E-state index < -0.39 is 11.8 Å². The molecule has 0 unspecified atom stereocenters. The molecule has 5 rings (SSSR count). The third-order valence-corrected chi connectivity index (χ3v) is 6.01. The number of rotatable bonds is 5. The number of carbonyl (C=O) groups is 2. The highest BCUT2D eigenvalue weighted by atomic mass is 35.5. The lowest BCUT2D eigenvalue weighted by Crippen LogP contribution is -2.46. The maximum absolute atomic E-state index is 13.8. The Hall–Kier alpha value is -4.26. The highest BCUT2D eigenvalue weighted by molar-refractivity contribution is 6.31. The van der Waals surface area contributed by atoms with Crippen LogP contribution in [0, 0.1) is 0 Å². The Labute approximate surface area is 217 Å². The molecule has 5 aromatic rings. The van der Waals surface area contributed by atoms with E-state index in [0.717, 1.165) is 16.1 Å². The first kappa shape index (κ1) is 23.5. The van der Waals surface area contributed by atoms with Gasteiger partial charge in [0.05, 0.1) is 0 Å². The van der Waals surface area contributed by atoms with Gasteiger partial charge in [-0.2, -0.15) is 5.01 Å². The summed E-state index contributed by atoms with van der Waals surface area (Å²) in [6, 6.07) is 31.4. The Morgan fingerprint density at radius 2 is 1.06 bits per heavy atom. The Bertz CT molecular complexity index is 1460. The van der Waals surface area contributed by atoms with Crippen molar-refractivity contribution >= 4 is 35.0 Å². The summed E-state index contributed by atoms with van der Waals surface area (Å²) >= 11 is 12.1. The van der Waals surface area contributed by atoms with E-state index in [1.807, 2.05) is 60.7 Å². The molecule has 176 valence electrons. The van der Waals surface area contributed by atoms with Crippen molar-refractivity contribution in [1.82, 2.24) is 15.1 Å². The number of nitrogens with zero attached hydrogens (tertiary/aromatic N) is 4. The summed E-state index contributed by atoms with van der Waals surface area (Å²) in [5.74, 6) is -1.18. The molecule has 1 heterocycles. The summed E-state index contributed by atoms with van der Waals surface area (Å²) in [5, 5.41) is 10.6. The molecule has 0 N–H and O–H groups in total. The van der Waals surface area contributed by atoms with Gasteiger partial charge in [-0.15, -0.1) is 9.89 Å². The van der Waals surface area contributed by atoms with Crippen LogP contribution in [0.5, 0.6) is 0 Å². The van der Waals surface area contributed by atoms with E-state index in [1.165, 1.54) is 4.79 Å². The topological polar surface area (TPSA) is 68.1 Å². The predicted molar refractivity (Wildman–Crippen MR) is 141 cm³/mol. The van der Waals surface area contributed by atoms with Crippen LogP contribution in [-0.4, -0.2) is 26.9 Å². The summed E-state index contributed by atoms with van der Waals surface area (Å²) in [6.45, 7) is 0. The molecular weight excluding hydrogens is 495 g/mol. The molecule has 0 saturated heterocycles. The molecule has 4 aromatic carbocycles. The van der Waals surface area contributed by atoms with E-state index in [9.17, 15) is 9.59 Å². The van der Waals surface area contributed by atoms with Crippen LogP contribution in [0.2, 0.25) is 10.0 Å². The second kappa shape index (κ2) is 10.2. The Balaban J connectivity index is 1.73. The number of hydrogen-bond donors (Lipinski definition) is 0. The standard InChI is InChI=1S/C28H18Cl2N4O2/c29-23-15-11-21(12-16-23)27(35)33(28(36)22-13-17-24(30)18-14-22)34-26(20-9-5-2-6-10-20)25(31-32-34)19-7-3-1-4-8-19/h1-18H. The summed E-state index contributed by atoms with van der Waals surface area (Å²) in [7, 11) is 0. The highest BCUT2D eigenvalue weighted by Crippen LogP contribution is 2.31. The minimum atomic E-state index is -0.590. The second-order valence-electron chi connectivity index (χ2n) is 7.84. The lowest BCUT2D eigenvalue weighted by molar-refractivity contribution is 0.0849. The number of aromatic nitrogens is 3. The Morgan fingerprint density at radius 3 is 1.53 bits per heavy atom. The van der Waals surface area contributed by atoms with Crippen molar-refractivity contribution in [3.05, 3.63) is 130 Å². The van der Waals surface area contributed by atoms with Gasteiger partial charge in [0.15, 0.2) is 0 Å².